The number of carbonyl (C=O) groups is 1. The summed E-state index contributed by atoms with van der Waals surface area (Å²) >= 11 is 4.93. The first kappa shape index (κ1) is 10.7. The molecule has 0 fully saturated rings. The molecule has 0 aliphatic heterocycles. The molecule has 0 bridgehead atoms. The Hall–Kier alpha value is -1.42. The number of aryl methyl sites for hydroxylation is 1. The highest BCUT2D eigenvalue weighted by Gasteiger charge is 2.00. The maximum atomic E-state index is 10.7. The van der Waals surface area contributed by atoms with Crippen LogP contribution < -0.4 is 10.6 Å². The van der Waals surface area contributed by atoms with Crippen LogP contribution >= 0.6 is 12.2 Å². The Labute approximate surface area is 88.5 Å². The number of amides is 1. The molecular formula is C10H12N2OS. The van der Waals surface area contributed by atoms with Crippen molar-refractivity contribution in [3.8, 4) is 0 Å². The van der Waals surface area contributed by atoms with Crippen LogP contribution in [-0.4, -0.2) is 11.0 Å². The quantitative estimate of drug-likeness (QED) is 0.692. The predicted molar refractivity (Wildman–Crippen MR) is 61.2 cm³/mol. The summed E-state index contributed by atoms with van der Waals surface area (Å²) in [4.78, 5) is 10.7. The van der Waals surface area contributed by atoms with Crippen molar-refractivity contribution in [2.24, 2.45) is 0 Å². The largest absolute Gasteiger partial charge is 0.332 e. The molecule has 14 heavy (non-hydrogen) atoms. The van der Waals surface area contributed by atoms with Gasteiger partial charge in [-0.15, -0.1) is 0 Å². The van der Waals surface area contributed by atoms with Crippen LogP contribution in [0.4, 0.5) is 5.69 Å². The number of benzene rings is 1. The number of carbonyl (C=O) groups excluding carboxylic acids is 1. The molecule has 1 aromatic rings. The predicted octanol–water partition coefficient (Wildman–Crippen LogP) is 1.83. The van der Waals surface area contributed by atoms with Crippen molar-refractivity contribution >= 4 is 28.9 Å². The Morgan fingerprint density at radius 2 is 2.00 bits per heavy atom. The Morgan fingerprint density at radius 1 is 1.36 bits per heavy atom. The van der Waals surface area contributed by atoms with Gasteiger partial charge in [0.25, 0.3) is 0 Å². The van der Waals surface area contributed by atoms with E-state index in [-0.39, 0.29) is 5.91 Å². The van der Waals surface area contributed by atoms with E-state index in [1.807, 2.05) is 31.2 Å². The van der Waals surface area contributed by atoms with Gasteiger partial charge in [0.05, 0.1) is 0 Å². The van der Waals surface area contributed by atoms with Gasteiger partial charge in [-0.25, -0.2) is 0 Å². The third kappa shape index (κ3) is 3.14. The van der Waals surface area contributed by atoms with E-state index in [0.717, 1.165) is 11.3 Å². The average Bonchev–Trinajstić information content (AvgIpc) is 2.07. The van der Waals surface area contributed by atoms with E-state index in [1.54, 1.807) is 0 Å². The molecule has 0 aromatic heterocycles. The van der Waals surface area contributed by atoms with Crippen molar-refractivity contribution < 1.29 is 4.79 Å². The standard InChI is InChI=1S/C10H12N2OS/c1-7-5-3-4-6-9(7)12-10(14)11-8(2)13/h3-6H,1-2H3,(H2,11,12,13,14). The molecule has 0 aliphatic rings. The van der Waals surface area contributed by atoms with Gasteiger partial charge in [0.1, 0.15) is 0 Å². The summed E-state index contributed by atoms with van der Waals surface area (Å²) in [5.41, 5.74) is 1.99. The number of nitrogens with one attached hydrogen (secondary N) is 2. The molecule has 0 radical (unpaired) electrons. The zero-order valence-corrected chi connectivity index (χ0v) is 8.94. The molecule has 0 spiro atoms. The number of para-hydroxylation sites is 1. The molecule has 4 heteroatoms. The SMILES string of the molecule is CC(=O)NC(=S)Nc1ccccc1C. The Morgan fingerprint density at radius 3 is 2.57 bits per heavy atom. The molecule has 1 amide bonds. The highest BCUT2D eigenvalue weighted by Crippen LogP contribution is 2.12. The molecule has 74 valence electrons. The molecule has 2 N–H and O–H groups in total. The van der Waals surface area contributed by atoms with E-state index < -0.39 is 0 Å². The Kier molecular flexibility index (Phi) is 3.59. The molecule has 0 saturated heterocycles. The van der Waals surface area contributed by atoms with Crippen molar-refractivity contribution in [2.75, 3.05) is 5.32 Å². The van der Waals surface area contributed by atoms with Crippen molar-refractivity contribution in [3.63, 3.8) is 0 Å². The summed E-state index contributed by atoms with van der Waals surface area (Å²) in [6.45, 7) is 3.39. The molecule has 0 aliphatic carbocycles. The van der Waals surface area contributed by atoms with Crippen molar-refractivity contribution in [1.29, 1.82) is 0 Å². The van der Waals surface area contributed by atoms with E-state index in [2.05, 4.69) is 10.6 Å². The van der Waals surface area contributed by atoms with Gasteiger partial charge >= 0.3 is 0 Å². The summed E-state index contributed by atoms with van der Waals surface area (Å²) in [5, 5.41) is 5.77. The number of anilines is 1. The van der Waals surface area contributed by atoms with E-state index in [0.29, 0.717) is 5.11 Å². The molecule has 1 rings (SSSR count). The fourth-order valence-corrected chi connectivity index (χ4v) is 1.28. The summed E-state index contributed by atoms with van der Waals surface area (Å²) in [6, 6.07) is 7.73. The van der Waals surface area contributed by atoms with Crippen LogP contribution in [0.15, 0.2) is 24.3 Å². The Balaban J connectivity index is 2.65. The highest BCUT2D eigenvalue weighted by atomic mass is 32.1. The zero-order valence-electron chi connectivity index (χ0n) is 8.13. The maximum absolute atomic E-state index is 10.7. The second-order valence-corrected chi connectivity index (χ2v) is 3.36. The van der Waals surface area contributed by atoms with Gasteiger partial charge < -0.3 is 10.6 Å². The third-order valence-electron chi connectivity index (χ3n) is 1.68. The fraction of sp³-hybridized carbons (Fsp3) is 0.200. The number of thiocarbonyl (C=S) groups is 1. The van der Waals surface area contributed by atoms with Crippen molar-refractivity contribution in [3.05, 3.63) is 29.8 Å². The molecule has 3 nitrogen and oxygen atoms in total. The summed E-state index contributed by atoms with van der Waals surface area (Å²) in [7, 11) is 0. The topological polar surface area (TPSA) is 41.1 Å². The first-order valence-electron chi connectivity index (χ1n) is 4.24. The second-order valence-electron chi connectivity index (χ2n) is 2.95. The van der Waals surface area contributed by atoms with E-state index in [1.165, 1.54) is 6.92 Å². The van der Waals surface area contributed by atoms with Gasteiger partial charge in [-0.3, -0.25) is 4.79 Å². The van der Waals surface area contributed by atoms with Gasteiger partial charge in [-0.2, -0.15) is 0 Å². The van der Waals surface area contributed by atoms with Crippen LogP contribution in [0.5, 0.6) is 0 Å². The summed E-state index contributed by atoms with van der Waals surface area (Å²) in [5.74, 6) is -0.170. The summed E-state index contributed by atoms with van der Waals surface area (Å²) < 4.78 is 0. The van der Waals surface area contributed by atoms with Crippen molar-refractivity contribution in [2.45, 2.75) is 13.8 Å². The minimum Gasteiger partial charge on any atom is -0.332 e. The molecule has 0 atom stereocenters. The maximum Gasteiger partial charge on any atom is 0.222 e. The second kappa shape index (κ2) is 4.72. The van der Waals surface area contributed by atoms with Crippen LogP contribution in [0.3, 0.4) is 0 Å². The zero-order chi connectivity index (χ0) is 10.6. The van der Waals surface area contributed by atoms with E-state index >= 15 is 0 Å². The number of hydrogen-bond donors (Lipinski definition) is 2. The van der Waals surface area contributed by atoms with Crippen LogP contribution in [-0.2, 0) is 4.79 Å². The van der Waals surface area contributed by atoms with Crippen molar-refractivity contribution in [1.82, 2.24) is 5.32 Å². The number of rotatable bonds is 1. The fourth-order valence-electron chi connectivity index (χ4n) is 1.03. The minimum absolute atomic E-state index is 0.170. The monoisotopic (exact) mass is 208 g/mol. The lowest BCUT2D eigenvalue weighted by atomic mass is 10.2. The van der Waals surface area contributed by atoms with Gasteiger partial charge in [0.2, 0.25) is 5.91 Å². The lowest BCUT2D eigenvalue weighted by Crippen LogP contribution is -2.32. The van der Waals surface area contributed by atoms with Crippen LogP contribution in [0.25, 0.3) is 0 Å². The molecule has 0 unspecified atom stereocenters. The first-order valence-corrected chi connectivity index (χ1v) is 4.64. The molecular weight excluding hydrogens is 196 g/mol. The average molecular weight is 208 g/mol. The van der Waals surface area contributed by atoms with Gasteiger partial charge in [0, 0.05) is 12.6 Å². The lowest BCUT2D eigenvalue weighted by Gasteiger charge is -2.09. The van der Waals surface area contributed by atoms with E-state index in [9.17, 15) is 4.79 Å². The lowest BCUT2D eigenvalue weighted by molar-refractivity contribution is -0.117. The van der Waals surface area contributed by atoms with Gasteiger partial charge in [-0.1, -0.05) is 18.2 Å². The normalized spacial score (nSPS) is 9.29. The third-order valence-corrected chi connectivity index (χ3v) is 1.89. The molecule has 1 aromatic carbocycles. The van der Waals surface area contributed by atoms with Crippen LogP contribution in [0, 0.1) is 6.92 Å². The van der Waals surface area contributed by atoms with E-state index in [4.69, 9.17) is 12.2 Å². The van der Waals surface area contributed by atoms with Gasteiger partial charge in [-0.05, 0) is 30.8 Å². The smallest absolute Gasteiger partial charge is 0.222 e. The highest BCUT2D eigenvalue weighted by molar-refractivity contribution is 7.80. The first-order chi connectivity index (χ1) is 6.59. The van der Waals surface area contributed by atoms with Crippen LogP contribution in [0.1, 0.15) is 12.5 Å². The number of hydrogen-bond acceptors (Lipinski definition) is 2. The minimum atomic E-state index is -0.170. The van der Waals surface area contributed by atoms with Crippen LogP contribution in [0.2, 0.25) is 0 Å². The molecule has 0 heterocycles. The summed E-state index contributed by atoms with van der Waals surface area (Å²) in [6.07, 6.45) is 0. The molecule has 0 saturated carbocycles. The van der Waals surface area contributed by atoms with Gasteiger partial charge in [0.15, 0.2) is 5.11 Å². The Bertz CT molecular complexity index is 363.